The number of hydrogen-bond acceptors (Lipinski definition) is 6. The van der Waals surface area contributed by atoms with E-state index in [9.17, 15) is 14.4 Å². The number of amides is 1. The number of rotatable bonds is 6. The molecule has 0 spiro atoms. The van der Waals surface area contributed by atoms with Crippen LogP contribution in [0, 0.1) is 0 Å². The normalized spacial score (nSPS) is 13.5. The van der Waals surface area contributed by atoms with Crippen LogP contribution in [0.3, 0.4) is 0 Å². The van der Waals surface area contributed by atoms with Crippen molar-refractivity contribution in [1.82, 2.24) is 14.1 Å². The topological polar surface area (TPSA) is 89.2 Å². The molecule has 0 bridgehead atoms. The van der Waals surface area contributed by atoms with E-state index in [-0.39, 0.29) is 6.54 Å². The lowest BCUT2D eigenvalue weighted by molar-refractivity contribution is -0.116. The molecule has 0 saturated carbocycles. The summed E-state index contributed by atoms with van der Waals surface area (Å²) < 4.78 is 3.36. The van der Waals surface area contributed by atoms with Gasteiger partial charge in [0, 0.05) is 31.0 Å². The second kappa shape index (κ2) is 9.03. The standard InChI is InChI=1S/C24H23N5O3S/c30-21(16-29-22(31)10-13-28(24(29)32)15-17-6-2-1-3-7-17)25-18-8-9-19-20(14-18)33-23(26-19)27-11-4-5-12-27/h1-3,6-10,13-14H,4-5,11-12,15-16H2,(H,25,30). The molecule has 1 amide bonds. The molecule has 0 unspecified atom stereocenters. The van der Waals surface area contributed by atoms with E-state index in [1.54, 1.807) is 17.4 Å². The minimum Gasteiger partial charge on any atom is -0.348 e. The van der Waals surface area contributed by atoms with E-state index in [2.05, 4.69) is 10.2 Å². The molecule has 9 heteroatoms. The molecule has 1 N–H and O–H groups in total. The first kappa shape index (κ1) is 21.1. The Morgan fingerprint density at radius 2 is 1.82 bits per heavy atom. The third kappa shape index (κ3) is 4.58. The van der Waals surface area contributed by atoms with Crippen LogP contribution in [0.25, 0.3) is 10.2 Å². The summed E-state index contributed by atoms with van der Waals surface area (Å²) in [5, 5.41) is 3.80. The van der Waals surface area contributed by atoms with Crippen LogP contribution in [0.2, 0.25) is 0 Å². The van der Waals surface area contributed by atoms with E-state index in [0.717, 1.165) is 38.6 Å². The first-order valence-electron chi connectivity index (χ1n) is 10.9. The Kier molecular flexibility index (Phi) is 5.78. The number of anilines is 2. The Hall–Kier alpha value is -3.72. The number of aromatic nitrogens is 3. The Morgan fingerprint density at radius 3 is 2.61 bits per heavy atom. The second-order valence-corrected chi connectivity index (χ2v) is 9.07. The van der Waals surface area contributed by atoms with Gasteiger partial charge in [-0.15, -0.1) is 0 Å². The van der Waals surface area contributed by atoms with Gasteiger partial charge in [-0.2, -0.15) is 0 Å². The number of carbonyl (C=O) groups is 1. The fourth-order valence-electron chi connectivity index (χ4n) is 3.98. The Balaban J connectivity index is 1.32. The quantitative estimate of drug-likeness (QED) is 0.477. The van der Waals surface area contributed by atoms with Crippen LogP contribution in [0.5, 0.6) is 0 Å². The number of hydrogen-bond donors (Lipinski definition) is 1. The maximum Gasteiger partial charge on any atom is 0.331 e. The van der Waals surface area contributed by atoms with Crippen LogP contribution < -0.4 is 21.5 Å². The summed E-state index contributed by atoms with van der Waals surface area (Å²) >= 11 is 1.60. The highest BCUT2D eigenvalue weighted by molar-refractivity contribution is 7.22. The lowest BCUT2D eigenvalue weighted by Crippen LogP contribution is -2.41. The second-order valence-electron chi connectivity index (χ2n) is 8.06. The molecule has 2 aromatic heterocycles. The van der Waals surface area contributed by atoms with Gasteiger partial charge in [-0.3, -0.25) is 18.7 Å². The van der Waals surface area contributed by atoms with Crippen molar-refractivity contribution in [2.45, 2.75) is 25.9 Å². The van der Waals surface area contributed by atoms with Crippen molar-refractivity contribution in [2.75, 3.05) is 23.3 Å². The Bertz CT molecular complexity index is 1420. The molecule has 4 aromatic rings. The number of nitrogens with zero attached hydrogens (tertiary/aromatic N) is 4. The first-order valence-corrected chi connectivity index (χ1v) is 11.7. The van der Waals surface area contributed by atoms with Crippen LogP contribution in [0.1, 0.15) is 18.4 Å². The average Bonchev–Trinajstić information content (AvgIpc) is 3.49. The van der Waals surface area contributed by atoms with E-state index in [1.165, 1.54) is 29.7 Å². The third-order valence-corrected chi connectivity index (χ3v) is 6.75. The summed E-state index contributed by atoms with van der Waals surface area (Å²) in [5.41, 5.74) is 1.41. The molecule has 1 fully saturated rings. The summed E-state index contributed by atoms with van der Waals surface area (Å²) in [5.74, 6) is -0.435. The number of fused-ring (bicyclic) bond motifs is 1. The average molecular weight is 462 g/mol. The summed E-state index contributed by atoms with van der Waals surface area (Å²) in [4.78, 5) is 44.8. The molecule has 3 heterocycles. The highest BCUT2D eigenvalue weighted by Gasteiger charge is 2.17. The van der Waals surface area contributed by atoms with Gasteiger partial charge in [0.1, 0.15) is 6.54 Å². The zero-order chi connectivity index (χ0) is 22.8. The Labute approximate surface area is 193 Å². The van der Waals surface area contributed by atoms with E-state index >= 15 is 0 Å². The zero-order valence-corrected chi connectivity index (χ0v) is 18.8. The van der Waals surface area contributed by atoms with Crippen molar-refractivity contribution >= 4 is 38.3 Å². The molecule has 1 aliphatic heterocycles. The van der Waals surface area contributed by atoms with Crippen molar-refractivity contribution in [2.24, 2.45) is 0 Å². The minimum absolute atomic E-state index is 0.322. The van der Waals surface area contributed by atoms with Gasteiger partial charge >= 0.3 is 5.69 Å². The smallest absolute Gasteiger partial charge is 0.331 e. The lowest BCUT2D eigenvalue weighted by Gasteiger charge is -2.11. The number of nitrogens with one attached hydrogen (secondary N) is 1. The zero-order valence-electron chi connectivity index (χ0n) is 17.9. The maximum atomic E-state index is 12.8. The van der Waals surface area contributed by atoms with E-state index in [1.807, 2.05) is 42.5 Å². The van der Waals surface area contributed by atoms with Crippen molar-refractivity contribution in [3.8, 4) is 0 Å². The van der Waals surface area contributed by atoms with Gasteiger partial charge < -0.3 is 10.2 Å². The van der Waals surface area contributed by atoms with Crippen LogP contribution >= 0.6 is 11.3 Å². The van der Waals surface area contributed by atoms with Gasteiger partial charge in [-0.25, -0.2) is 9.78 Å². The van der Waals surface area contributed by atoms with Crippen molar-refractivity contribution in [3.63, 3.8) is 0 Å². The van der Waals surface area contributed by atoms with E-state index < -0.39 is 17.2 Å². The van der Waals surface area contributed by atoms with Crippen LogP contribution in [0.15, 0.2) is 70.4 Å². The molecule has 1 saturated heterocycles. The molecule has 1 aliphatic rings. The van der Waals surface area contributed by atoms with Crippen molar-refractivity contribution in [1.29, 1.82) is 0 Å². The number of carbonyl (C=O) groups excluding carboxylic acids is 1. The molecule has 2 aromatic carbocycles. The monoisotopic (exact) mass is 461 g/mol. The molecule has 5 rings (SSSR count). The van der Waals surface area contributed by atoms with Gasteiger partial charge in [-0.1, -0.05) is 41.7 Å². The maximum absolute atomic E-state index is 12.8. The van der Waals surface area contributed by atoms with Crippen molar-refractivity contribution in [3.05, 3.63) is 87.2 Å². The predicted octanol–water partition coefficient (Wildman–Crippen LogP) is 2.91. The third-order valence-electron chi connectivity index (χ3n) is 5.67. The van der Waals surface area contributed by atoms with Crippen molar-refractivity contribution < 1.29 is 4.79 Å². The molecule has 0 atom stereocenters. The van der Waals surface area contributed by atoms with Gasteiger partial charge in [0.2, 0.25) is 5.91 Å². The van der Waals surface area contributed by atoms with Crippen LogP contribution in [0.4, 0.5) is 10.8 Å². The molecule has 33 heavy (non-hydrogen) atoms. The van der Waals surface area contributed by atoms with Gasteiger partial charge in [0.15, 0.2) is 5.13 Å². The van der Waals surface area contributed by atoms with E-state index in [0.29, 0.717) is 12.2 Å². The highest BCUT2D eigenvalue weighted by atomic mass is 32.1. The lowest BCUT2D eigenvalue weighted by atomic mass is 10.2. The largest absolute Gasteiger partial charge is 0.348 e. The Morgan fingerprint density at radius 1 is 1.03 bits per heavy atom. The molecular weight excluding hydrogens is 438 g/mol. The summed E-state index contributed by atoms with van der Waals surface area (Å²) in [6, 6.07) is 16.3. The molecule has 8 nitrogen and oxygen atoms in total. The van der Waals surface area contributed by atoms with Gasteiger partial charge in [-0.05, 0) is 36.6 Å². The summed E-state index contributed by atoms with van der Waals surface area (Å²) in [6.07, 6.45) is 3.83. The predicted molar refractivity (Wildman–Crippen MR) is 130 cm³/mol. The number of benzene rings is 2. The van der Waals surface area contributed by atoms with Crippen LogP contribution in [-0.4, -0.2) is 33.1 Å². The van der Waals surface area contributed by atoms with Gasteiger partial charge in [0.05, 0.1) is 16.8 Å². The van der Waals surface area contributed by atoms with Crippen LogP contribution in [-0.2, 0) is 17.9 Å². The van der Waals surface area contributed by atoms with E-state index in [4.69, 9.17) is 4.98 Å². The highest BCUT2D eigenvalue weighted by Crippen LogP contribution is 2.32. The summed E-state index contributed by atoms with van der Waals surface area (Å²) in [7, 11) is 0. The fraction of sp³-hybridized carbons (Fsp3) is 0.250. The number of thiazole rings is 1. The molecule has 0 aliphatic carbocycles. The molecule has 0 radical (unpaired) electrons. The van der Waals surface area contributed by atoms with Gasteiger partial charge in [0.25, 0.3) is 5.56 Å². The molecular formula is C24H23N5O3S. The fourth-order valence-corrected chi connectivity index (χ4v) is 5.04. The molecule has 168 valence electrons. The summed E-state index contributed by atoms with van der Waals surface area (Å²) in [6.45, 7) is 2.02. The SMILES string of the molecule is O=C(Cn1c(=O)ccn(Cc2ccccc2)c1=O)Nc1ccc2nc(N3CCCC3)sc2c1. The minimum atomic E-state index is -0.519. The first-order chi connectivity index (χ1) is 16.1.